The van der Waals surface area contributed by atoms with E-state index >= 15 is 0 Å². The van der Waals surface area contributed by atoms with Crippen molar-refractivity contribution in [3.8, 4) is 0 Å². The average molecular weight is 763 g/mol. The summed E-state index contributed by atoms with van der Waals surface area (Å²) in [6.07, 6.45) is 11.1. The summed E-state index contributed by atoms with van der Waals surface area (Å²) in [4.78, 5) is 2.75. The zero-order valence-electron chi connectivity index (χ0n) is 29.8. The maximum atomic E-state index is 14.2. The summed E-state index contributed by atoms with van der Waals surface area (Å²) in [6.45, 7) is 16.6. The van der Waals surface area contributed by atoms with Gasteiger partial charge in [-0.15, -0.1) is 0 Å². The molecule has 3 saturated heterocycles. The van der Waals surface area contributed by atoms with Gasteiger partial charge in [0.2, 0.25) is 0 Å². The number of sulfone groups is 1. The highest BCUT2D eigenvalue weighted by molar-refractivity contribution is 7.91. The van der Waals surface area contributed by atoms with E-state index in [1.807, 2.05) is 12.1 Å². The molecule has 1 unspecified atom stereocenters. The molecule has 4 aliphatic rings. The van der Waals surface area contributed by atoms with Gasteiger partial charge in [0.15, 0.2) is 14.9 Å². The molecule has 0 amide bonds. The van der Waals surface area contributed by atoms with Gasteiger partial charge in [-0.25, -0.2) is 8.42 Å². The summed E-state index contributed by atoms with van der Waals surface area (Å²) in [5.74, 6) is 1.11. The quantitative estimate of drug-likeness (QED) is 0.141. The molecule has 4 aliphatic heterocycles. The predicted octanol–water partition coefficient (Wildman–Crippen LogP) is 4.43. The zero-order valence-corrected chi connectivity index (χ0v) is 33.0. The van der Waals surface area contributed by atoms with Crippen LogP contribution < -0.4 is 37.8 Å². The fourth-order valence-corrected chi connectivity index (χ4v) is 10.8. The summed E-state index contributed by atoms with van der Waals surface area (Å²) in [6, 6.07) is 14.1. The van der Waals surface area contributed by atoms with Crippen LogP contribution in [0.15, 0.2) is 47.4 Å². The number of fused-ring (bicyclic) bond motifs is 4. The highest BCUT2D eigenvalue weighted by atomic mass is 79.9. The molecule has 0 spiro atoms. The van der Waals surface area contributed by atoms with Crippen molar-refractivity contribution in [1.82, 2.24) is 10.6 Å². The lowest BCUT2D eigenvalue weighted by Gasteiger charge is -2.49. The fraction of sp³-hybridized carbons (Fsp3) is 0.658. The van der Waals surface area contributed by atoms with Gasteiger partial charge in [0.05, 0.1) is 42.9 Å². The maximum Gasteiger partial charge on any atom is 0.180 e. The van der Waals surface area contributed by atoms with Crippen LogP contribution in [0, 0.1) is 5.92 Å². The molecule has 7 nitrogen and oxygen atoms in total. The summed E-state index contributed by atoms with van der Waals surface area (Å²) in [5.41, 5.74) is 3.37. The van der Waals surface area contributed by atoms with Gasteiger partial charge in [0.25, 0.3) is 0 Å². The number of nitrogens with zero attached hydrogens (tertiary/aromatic N) is 2. The molecular formula is C38H60BrN5O2S2. The van der Waals surface area contributed by atoms with Crippen LogP contribution in [0.1, 0.15) is 109 Å². The van der Waals surface area contributed by atoms with Crippen LogP contribution in [0.2, 0.25) is 0 Å². The first kappa shape index (κ1) is 39.1. The van der Waals surface area contributed by atoms with Crippen LogP contribution in [0.4, 0.5) is 11.4 Å². The molecule has 2 aromatic rings. The lowest BCUT2D eigenvalue weighted by atomic mass is 9.85. The zero-order chi connectivity index (χ0) is 33.5. The molecule has 268 valence electrons. The number of unbranched alkanes of at least 4 members (excludes halogenated alkanes) is 2. The molecule has 0 saturated carbocycles. The summed E-state index contributed by atoms with van der Waals surface area (Å²) in [7, 11) is -3.53. The van der Waals surface area contributed by atoms with Crippen molar-refractivity contribution in [1.29, 1.82) is 0 Å². The van der Waals surface area contributed by atoms with Gasteiger partial charge in [-0.3, -0.25) is 5.32 Å². The Bertz CT molecular complexity index is 1430. The van der Waals surface area contributed by atoms with E-state index in [1.54, 1.807) is 0 Å². The largest absolute Gasteiger partial charge is 1.00 e. The van der Waals surface area contributed by atoms with E-state index in [0.29, 0.717) is 10.0 Å². The molecule has 3 N–H and O–H groups in total. The molecule has 3 fully saturated rings. The first-order valence-corrected chi connectivity index (χ1v) is 20.6. The molecule has 2 bridgehead atoms. The number of halogens is 1. The van der Waals surface area contributed by atoms with Crippen molar-refractivity contribution in [2.24, 2.45) is 5.92 Å². The normalized spacial score (nSPS) is 23.8. The van der Waals surface area contributed by atoms with Gasteiger partial charge < -0.3 is 37.0 Å². The van der Waals surface area contributed by atoms with E-state index in [0.717, 1.165) is 93.0 Å². The first-order valence-electron chi connectivity index (χ1n) is 18.5. The van der Waals surface area contributed by atoms with Crippen molar-refractivity contribution in [2.75, 3.05) is 61.8 Å². The van der Waals surface area contributed by atoms with Crippen LogP contribution in [0.3, 0.4) is 0 Å². The minimum Gasteiger partial charge on any atom is -1.00 e. The third-order valence-electron chi connectivity index (χ3n) is 11.3. The molecule has 0 aliphatic carbocycles. The lowest BCUT2D eigenvalue weighted by molar-refractivity contribution is -0.942. The fourth-order valence-electron chi connectivity index (χ4n) is 8.46. The van der Waals surface area contributed by atoms with Crippen LogP contribution in [0.25, 0.3) is 0 Å². The Balaban J connectivity index is 0.00000520. The Morgan fingerprint density at radius 2 is 1.62 bits per heavy atom. The Labute approximate surface area is 307 Å². The van der Waals surface area contributed by atoms with E-state index in [1.165, 1.54) is 49.9 Å². The van der Waals surface area contributed by atoms with Crippen molar-refractivity contribution in [3.63, 3.8) is 0 Å². The number of hydrogen-bond acceptors (Lipinski definition) is 5. The standard InChI is InChI=1S/C38H59N5O2S2.BrH/c1-5-9-20-38(21-10-6-2)29-47(44,45)35-16-15-33(42(7-3)8-4)28-34(35)36(41-38)31-13-11-14-32(27-31)40-37(46)39-22-12-23-43-24-17-30(18-25-43)19-26-43;/h11,13-16,27-28,30,36,41H,5-10,12,17-26,29H2,1-4H3,(H-,39,40,46);1H. The SMILES string of the molecule is CCCCC1(CCCC)CS(=O)(=O)c2ccc(N(CC)CC)cc2C(c2cccc(NC(=S)NCCC[N+]34CCC(CC3)CC4)c2)N1.[Br-]. The van der Waals surface area contributed by atoms with Gasteiger partial charge >= 0.3 is 0 Å². The second-order valence-electron chi connectivity index (χ2n) is 14.5. The van der Waals surface area contributed by atoms with Gasteiger partial charge in [-0.1, -0.05) is 51.7 Å². The monoisotopic (exact) mass is 761 g/mol. The van der Waals surface area contributed by atoms with Gasteiger partial charge in [0, 0.05) is 43.0 Å². The smallest absolute Gasteiger partial charge is 0.180 e. The molecule has 6 rings (SSSR count). The van der Waals surface area contributed by atoms with Crippen LogP contribution in [-0.4, -0.2) is 75.1 Å². The van der Waals surface area contributed by atoms with E-state index < -0.39 is 15.4 Å². The Kier molecular flexibility index (Phi) is 14.2. The Morgan fingerprint density at radius 3 is 2.25 bits per heavy atom. The van der Waals surface area contributed by atoms with E-state index in [9.17, 15) is 8.42 Å². The van der Waals surface area contributed by atoms with Crippen LogP contribution in [-0.2, 0) is 9.84 Å². The number of quaternary nitrogens is 1. The molecule has 10 heteroatoms. The highest BCUT2D eigenvalue weighted by Crippen LogP contribution is 2.41. The number of piperidine rings is 3. The molecular weight excluding hydrogens is 702 g/mol. The van der Waals surface area contributed by atoms with Gasteiger partial charge in [-0.05, 0) is 106 Å². The third-order valence-corrected chi connectivity index (χ3v) is 13.5. The summed E-state index contributed by atoms with van der Waals surface area (Å²) in [5, 5.41) is 11.6. The van der Waals surface area contributed by atoms with E-state index in [-0.39, 0.29) is 28.8 Å². The Morgan fingerprint density at radius 1 is 0.958 bits per heavy atom. The highest BCUT2D eigenvalue weighted by Gasteiger charge is 2.43. The molecule has 48 heavy (non-hydrogen) atoms. The van der Waals surface area contributed by atoms with Gasteiger partial charge in [0.1, 0.15) is 0 Å². The maximum absolute atomic E-state index is 14.2. The van der Waals surface area contributed by atoms with Gasteiger partial charge in [-0.2, -0.15) is 0 Å². The van der Waals surface area contributed by atoms with Crippen molar-refractivity contribution in [2.45, 2.75) is 108 Å². The molecule has 0 aromatic heterocycles. The van der Waals surface area contributed by atoms with Crippen LogP contribution >= 0.6 is 12.2 Å². The second-order valence-corrected chi connectivity index (χ2v) is 16.9. The predicted molar refractivity (Wildman–Crippen MR) is 201 cm³/mol. The molecule has 1 atom stereocenters. The molecule has 4 heterocycles. The van der Waals surface area contributed by atoms with Crippen molar-refractivity contribution >= 4 is 38.5 Å². The number of rotatable bonds is 15. The van der Waals surface area contributed by atoms with E-state index in [2.05, 4.69) is 78.9 Å². The lowest BCUT2D eigenvalue weighted by Crippen LogP contribution is -3.00. The topological polar surface area (TPSA) is 73.5 Å². The summed E-state index contributed by atoms with van der Waals surface area (Å²) >= 11 is 5.76. The Hall–Kier alpha value is -1.72. The average Bonchev–Trinajstić information content (AvgIpc) is 3.18. The number of benzene rings is 2. The number of thiocarbonyl (C=S) groups is 1. The van der Waals surface area contributed by atoms with Crippen molar-refractivity contribution < 1.29 is 29.9 Å². The van der Waals surface area contributed by atoms with Crippen LogP contribution in [0.5, 0.6) is 0 Å². The number of anilines is 2. The minimum atomic E-state index is -3.53. The third kappa shape index (κ3) is 9.33. The number of hydrogen-bond donors (Lipinski definition) is 3. The first-order chi connectivity index (χ1) is 22.6. The number of nitrogens with one attached hydrogen (secondary N) is 3. The molecule has 0 radical (unpaired) electrons. The minimum absolute atomic E-state index is 0. The summed E-state index contributed by atoms with van der Waals surface area (Å²) < 4.78 is 29.7. The molecule has 2 aromatic carbocycles. The second kappa shape index (κ2) is 17.5. The van der Waals surface area contributed by atoms with Crippen molar-refractivity contribution in [3.05, 3.63) is 53.6 Å². The van der Waals surface area contributed by atoms with E-state index in [4.69, 9.17) is 12.2 Å².